The van der Waals surface area contributed by atoms with E-state index in [0.717, 1.165) is 51.0 Å². The highest BCUT2D eigenvalue weighted by Gasteiger charge is 2.24. The summed E-state index contributed by atoms with van der Waals surface area (Å²) >= 11 is 3.48. The van der Waals surface area contributed by atoms with E-state index in [9.17, 15) is 4.39 Å². The minimum absolute atomic E-state index is 0.213. The number of aromatic nitrogens is 1. The van der Waals surface area contributed by atoms with Crippen LogP contribution in [0.2, 0.25) is 0 Å². The van der Waals surface area contributed by atoms with E-state index in [4.69, 9.17) is 10.7 Å². The van der Waals surface area contributed by atoms with E-state index in [1.54, 1.807) is 0 Å². The highest BCUT2D eigenvalue weighted by Crippen LogP contribution is 2.37. The third-order valence-corrected chi connectivity index (χ3v) is 4.78. The normalized spacial score (nSPS) is 13.6. The predicted octanol–water partition coefficient (Wildman–Crippen LogP) is 4.28. The van der Waals surface area contributed by atoms with E-state index in [-0.39, 0.29) is 5.82 Å². The van der Waals surface area contributed by atoms with Crippen molar-refractivity contribution in [1.82, 2.24) is 4.98 Å². The lowest BCUT2D eigenvalue weighted by Crippen LogP contribution is -2.20. The molecule has 0 unspecified atom stereocenters. The van der Waals surface area contributed by atoms with Gasteiger partial charge in [-0.15, -0.1) is 0 Å². The quantitative estimate of drug-likeness (QED) is 0.730. The predicted molar refractivity (Wildman–Crippen MR) is 95.0 cm³/mol. The summed E-state index contributed by atoms with van der Waals surface area (Å²) in [7, 11) is 0. The van der Waals surface area contributed by atoms with Crippen molar-refractivity contribution < 1.29 is 4.39 Å². The largest absolute Gasteiger partial charge is 0.398 e. The van der Waals surface area contributed by atoms with Crippen molar-refractivity contribution in [2.24, 2.45) is 0 Å². The fraction of sp³-hybridized carbons (Fsp3) is 0.167. The number of fused-ring (bicyclic) bond motifs is 2. The Hall–Kier alpha value is -2.14. The SMILES string of the molecule is Nc1c2c(nc3ccc(Br)cc13)N(Cc1ccc(F)cc1)CC2. The number of benzene rings is 2. The lowest BCUT2D eigenvalue weighted by molar-refractivity contribution is 0.626. The fourth-order valence-corrected chi connectivity index (χ4v) is 3.47. The topological polar surface area (TPSA) is 42.1 Å². The lowest BCUT2D eigenvalue weighted by atomic mass is 10.1. The van der Waals surface area contributed by atoms with Gasteiger partial charge in [-0.3, -0.25) is 0 Å². The molecule has 1 aromatic heterocycles. The van der Waals surface area contributed by atoms with Gasteiger partial charge in [-0.2, -0.15) is 0 Å². The molecule has 2 N–H and O–H groups in total. The maximum Gasteiger partial charge on any atom is 0.134 e. The first-order chi connectivity index (χ1) is 11.1. The molecule has 0 spiro atoms. The Morgan fingerprint density at radius 2 is 1.96 bits per heavy atom. The van der Waals surface area contributed by atoms with Crippen LogP contribution in [0.1, 0.15) is 11.1 Å². The number of halogens is 2. The molecule has 2 heterocycles. The molecule has 0 amide bonds. The van der Waals surface area contributed by atoms with Crippen LogP contribution in [0.5, 0.6) is 0 Å². The Balaban J connectivity index is 1.74. The van der Waals surface area contributed by atoms with E-state index in [0.29, 0.717) is 6.54 Å². The molecule has 1 aliphatic rings. The van der Waals surface area contributed by atoms with E-state index in [1.165, 1.54) is 12.1 Å². The number of hydrogen-bond acceptors (Lipinski definition) is 3. The molecule has 3 aromatic rings. The number of hydrogen-bond donors (Lipinski definition) is 1. The van der Waals surface area contributed by atoms with Crippen molar-refractivity contribution in [3.8, 4) is 0 Å². The summed E-state index contributed by atoms with van der Waals surface area (Å²) in [4.78, 5) is 7.01. The zero-order valence-corrected chi connectivity index (χ0v) is 14.0. The van der Waals surface area contributed by atoms with Gasteiger partial charge in [-0.25, -0.2) is 9.37 Å². The summed E-state index contributed by atoms with van der Waals surface area (Å²) in [6.45, 7) is 1.59. The minimum atomic E-state index is -0.213. The van der Waals surface area contributed by atoms with Gasteiger partial charge in [0.15, 0.2) is 0 Å². The number of nitrogens with zero attached hydrogens (tertiary/aromatic N) is 2. The van der Waals surface area contributed by atoms with Crippen LogP contribution < -0.4 is 10.6 Å². The van der Waals surface area contributed by atoms with Crippen molar-refractivity contribution in [1.29, 1.82) is 0 Å². The first-order valence-corrected chi connectivity index (χ1v) is 8.28. The zero-order chi connectivity index (χ0) is 16.0. The molecular formula is C18H15BrFN3. The summed E-state index contributed by atoms with van der Waals surface area (Å²) in [6, 6.07) is 12.6. The van der Waals surface area contributed by atoms with Crippen molar-refractivity contribution >= 4 is 38.3 Å². The van der Waals surface area contributed by atoms with Crippen LogP contribution in [0, 0.1) is 5.82 Å². The molecule has 5 heteroatoms. The molecule has 1 aliphatic heterocycles. The molecule has 0 saturated carbocycles. The monoisotopic (exact) mass is 371 g/mol. The molecule has 0 bridgehead atoms. The molecule has 0 fully saturated rings. The Labute approximate surface area is 142 Å². The van der Waals surface area contributed by atoms with E-state index < -0.39 is 0 Å². The van der Waals surface area contributed by atoms with Gasteiger partial charge in [-0.1, -0.05) is 28.1 Å². The third-order valence-electron chi connectivity index (χ3n) is 4.29. The maximum atomic E-state index is 13.1. The second-order valence-corrected chi connectivity index (χ2v) is 6.70. The molecule has 0 atom stereocenters. The van der Waals surface area contributed by atoms with Crippen LogP contribution in [-0.2, 0) is 13.0 Å². The molecule has 0 radical (unpaired) electrons. The number of nitrogens with two attached hydrogens (primary N) is 1. The van der Waals surface area contributed by atoms with Gasteiger partial charge in [0, 0.05) is 34.2 Å². The Morgan fingerprint density at radius 3 is 2.74 bits per heavy atom. The van der Waals surface area contributed by atoms with Crippen molar-refractivity contribution in [2.45, 2.75) is 13.0 Å². The Morgan fingerprint density at radius 1 is 1.17 bits per heavy atom. The first-order valence-electron chi connectivity index (χ1n) is 7.49. The molecule has 3 nitrogen and oxygen atoms in total. The Kier molecular flexibility index (Phi) is 3.45. The lowest BCUT2D eigenvalue weighted by Gasteiger charge is -2.19. The van der Waals surface area contributed by atoms with Crippen LogP contribution in [0.3, 0.4) is 0 Å². The molecule has 0 saturated heterocycles. The van der Waals surface area contributed by atoms with Gasteiger partial charge >= 0.3 is 0 Å². The number of pyridine rings is 1. The highest BCUT2D eigenvalue weighted by atomic mass is 79.9. The molecule has 2 aromatic carbocycles. The highest BCUT2D eigenvalue weighted by molar-refractivity contribution is 9.10. The zero-order valence-electron chi connectivity index (χ0n) is 12.4. The average Bonchev–Trinajstić information content (AvgIpc) is 2.94. The van der Waals surface area contributed by atoms with Crippen LogP contribution >= 0.6 is 15.9 Å². The fourth-order valence-electron chi connectivity index (χ4n) is 3.11. The van der Waals surface area contributed by atoms with Gasteiger partial charge in [0.2, 0.25) is 0 Å². The third kappa shape index (κ3) is 2.55. The first kappa shape index (κ1) is 14.5. The van der Waals surface area contributed by atoms with E-state index >= 15 is 0 Å². The molecule has 23 heavy (non-hydrogen) atoms. The van der Waals surface area contributed by atoms with Gasteiger partial charge in [-0.05, 0) is 42.3 Å². The summed E-state index contributed by atoms with van der Waals surface area (Å²) < 4.78 is 14.1. The number of rotatable bonds is 2. The second-order valence-electron chi connectivity index (χ2n) is 5.79. The van der Waals surface area contributed by atoms with E-state index in [1.807, 2.05) is 30.3 Å². The van der Waals surface area contributed by atoms with Crippen LogP contribution in [0.25, 0.3) is 10.9 Å². The smallest absolute Gasteiger partial charge is 0.134 e. The Bertz CT molecular complexity index is 893. The van der Waals surface area contributed by atoms with Crippen LogP contribution in [0.4, 0.5) is 15.9 Å². The van der Waals surface area contributed by atoms with Gasteiger partial charge in [0.1, 0.15) is 11.6 Å². The summed E-state index contributed by atoms with van der Waals surface area (Å²) in [5, 5.41) is 0.988. The van der Waals surface area contributed by atoms with Crippen LogP contribution in [-0.4, -0.2) is 11.5 Å². The van der Waals surface area contributed by atoms with Gasteiger partial charge in [0.25, 0.3) is 0 Å². The second kappa shape index (κ2) is 5.49. The molecule has 116 valence electrons. The van der Waals surface area contributed by atoms with Crippen LogP contribution in [0.15, 0.2) is 46.9 Å². The summed E-state index contributed by atoms with van der Waals surface area (Å²) in [5.74, 6) is 0.733. The van der Waals surface area contributed by atoms with Crippen molar-refractivity contribution in [3.05, 3.63) is 63.9 Å². The van der Waals surface area contributed by atoms with Crippen molar-refractivity contribution in [3.63, 3.8) is 0 Å². The van der Waals surface area contributed by atoms with Gasteiger partial charge < -0.3 is 10.6 Å². The summed E-state index contributed by atoms with van der Waals surface area (Å²) in [6.07, 6.45) is 0.887. The number of nitrogen functional groups attached to an aromatic ring is 1. The molecular weight excluding hydrogens is 357 g/mol. The van der Waals surface area contributed by atoms with Gasteiger partial charge in [0.05, 0.1) is 5.52 Å². The summed E-state index contributed by atoms with van der Waals surface area (Å²) in [5.41, 5.74) is 10.3. The van der Waals surface area contributed by atoms with Crippen molar-refractivity contribution in [2.75, 3.05) is 17.2 Å². The molecule has 4 rings (SSSR count). The van der Waals surface area contributed by atoms with E-state index in [2.05, 4.69) is 20.8 Å². The maximum absolute atomic E-state index is 13.1. The molecule has 0 aliphatic carbocycles. The standard InChI is InChI=1S/C18H15BrFN3/c19-12-3-6-16-15(9-12)17(21)14-7-8-23(18(14)22-16)10-11-1-4-13(20)5-2-11/h1-6,9H,7-8,10H2,(H2,21,22). The number of anilines is 2. The minimum Gasteiger partial charge on any atom is -0.398 e. The average molecular weight is 372 g/mol.